The number of aromatic nitrogens is 4. The summed E-state index contributed by atoms with van der Waals surface area (Å²) in [7, 11) is 2.96. The van der Waals surface area contributed by atoms with E-state index in [1.165, 1.54) is 11.6 Å². The number of fused-ring (bicyclic) bond motifs is 1. The van der Waals surface area contributed by atoms with Gasteiger partial charge in [0.15, 0.2) is 21.7 Å². The summed E-state index contributed by atoms with van der Waals surface area (Å²) in [6.07, 6.45) is 0. The molecule has 0 fully saturated rings. The Morgan fingerprint density at radius 1 is 0.800 bits per heavy atom. The third-order valence-electron chi connectivity index (χ3n) is 6.15. The van der Waals surface area contributed by atoms with Gasteiger partial charge < -0.3 is 0 Å². The van der Waals surface area contributed by atoms with Crippen LogP contribution in [0.4, 0.5) is 0 Å². The first-order chi connectivity index (χ1) is 16.9. The highest BCUT2D eigenvalue weighted by Crippen LogP contribution is 2.31. The van der Waals surface area contributed by atoms with Gasteiger partial charge in [-0.25, -0.2) is 9.78 Å². The number of aryl methyl sites for hydroxylation is 1. The lowest BCUT2D eigenvalue weighted by Gasteiger charge is -2.20. The zero-order chi connectivity index (χ0) is 24.7. The summed E-state index contributed by atoms with van der Waals surface area (Å²) in [5.74, 6) is -0.202. The first-order valence-electron chi connectivity index (χ1n) is 11.0. The summed E-state index contributed by atoms with van der Waals surface area (Å²) in [6.45, 7) is 0. The molecular weight excluding hydrogens is 508 g/mol. The van der Waals surface area contributed by atoms with E-state index in [4.69, 9.17) is 0 Å². The van der Waals surface area contributed by atoms with Gasteiger partial charge in [-0.1, -0.05) is 84.9 Å². The van der Waals surface area contributed by atoms with E-state index in [0.29, 0.717) is 11.1 Å². The van der Waals surface area contributed by atoms with Crippen LogP contribution in [-0.4, -0.2) is 24.5 Å². The lowest BCUT2D eigenvalue weighted by Crippen LogP contribution is -2.38. The number of imidazole rings is 1. The predicted octanol–water partition coefficient (Wildman–Crippen LogP) is 4.34. The lowest BCUT2D eigenvalue weighted by atomic mass is 9.95. The van der Waals surface area contributed by atoms with E-state index in [2.05, 4.69) is 20.9 Å². The van der Waals surface area contributed by atoms with E-state index in [1.54, 1.807) is 23.7 Å². The zero-order valence-electron chi connectivity index (χ0n) is 19.1. The Morgan fingerprint density at radius 2 is 1.37 bits per heavy atom. The van der Waals surface area contributed by atoms with E-state index >= 15 is 0 Å². The Hall–Kier alpha value is -4.04. The van der Waals surface area contributed by atoms with Crippen LogP contribution in [-0.2, 0) is 14.1 Å². The van der Waals surface area contributed by atoms with Crippen LogP contribution in [0.1, 0.15) is 22.0 Å². The highest BCUT2D eigenvalue weighted by Gasteiger charge is 2.30. The summed E-state index contributed by atoms with van der Waals surface area (Å²) in [4.78, 5) is 44.1. The minimum atomic E-state index is -0.872. The molecule has 0 bridgehead atoms. The molecule has 7 nitrogen and oxygen atoms in total. The minimum Gasteiger partial charge on any atom is -0.297 e. The maximum absolute atomic E-state index is 14.0. The number of carbonyl (C=O) groups is 1. The molecule has 3 aromatic carbocycles. The van der Waals surface area contributed by atoms with Crippen LogP contribution >= 0.6 is 15.9 Å². The highest BCUT2D eigenvalue weighted by molar-refractivity contribution is 9.10. The Balaban J connectivity index is 1.70. The molecule has 0 saturated carbocycles. The van der Waals surface area contributed by atoms with Gasteiger partial charge in [-0.2, -0.15) is 0 Å². The van der Waals surface area contributed by atoms with Crippen LogP contribution in [0, 0.1) is 0 Å². The third kappa shape index (κ3) is 3.85. The van der Waals surface area contributed by atoms with Gasteiger partial charge in [0.05, 0.1) is 0 Å². The van der Waals surface area contributed by atoms with Crippen LogP contribution in [0.5, 0.6) is 0 Å². The molecule has 0 aliphatic rings. The van der Waals surface area contributed by atoms with Crippen LogP contribution in [0.25, 0.3) is 22.3 Å². The second-order valence-electron chi connectivity index (χ2n) is 8.25. The molecule has 0 N–H and O–H groups in total. The van der Waals surface area contributed by atoms with Crippen LogP contribution in [0.3, 0.4) is 0 Å². The number of Topliss-reactive ketones (excluding diaryl/α,β-unsaturated/α-hetero) is 1. The molecule has 174 valence electrons. The van der Waals surface area contributed by atoms with Crippen molar-refractivity contribution in [1.82, 2.24) is 18.7 Å². The van der Waals surface area contributed by atoms with Crippen molar-refractivity contribution in [2.75, 3.05) is 0 Å². The second-order valence-corrected chi connectivity index (χ2v) is 8.96. The number of hydrogen-bond acceptors (Lipinski definition) is 4. The fourth-order valence-corrected chi connectivity index (χ4v) is 4.84. The molecule has 5 aromatic rings. The van der Waals surface area contributed by atoms with Crippen molar-refractivity contribution in [3.05, 3.63) is 122 Å². The molecule has 0 unspecified atom stereocenters. The van der Waals surface area contributed by atoms with Gasteiger partial charge in [0.25, 0.3) is 5.56 Å². The molecule has 2 heterocycles. The van der Waals surface area contributed by atoms with Gasteiger partial charge in [-0.15, -0.1) is 0 Å². The molecular formula is C27H21BrN4O3. The molecule has 5 rings (SSSR count). The second kappa shape index (κ2) is 8.96. The highest BCUT2D eigenvalue weighted by atomic mass is 79.9. The van der Waals surface area contributed by atoms with Crippen molar-refractivity contribution in [2.45, 2.75) is 6.04 Å². The summed E-state index contributed by atoms with van der Waals surface area (Å²) in [5.41, 5.74) is 2.61. The molecule has 0 radical (unpaired) electrons. The quantitative estimate of drug-likeness (QED) is 0.251. The predicted molar refractivity (Wildman–Crippen MR) is 139 cm³/mol. The average molecular weight is 529 g/mol. The van der Waals surface area contributed by atoms with Gasteiger partial charge in [0.2, 0.25) is 0 Å². The van der Waals surface area contributed by atoms with Crippen LogP contribution in [0.15, 0.2) is 99.3 Å². The van der Waals surface area contributed by atoms with Crippen LogP contribution < -0.4 is 11.2 Å². The zero-order valence-corrected chi connectivity index (χ0v) is 20.6. The maximum atomic E-state index is 14.0. The normalized spacial score (nSPS) is 12.1. The smallest absolute Gasteiger partial charge is 0.297 e. The van der Waals surface area contributed by atoms with E-state index in [9.17, 15) is 14.4 Å². The van der Waals surface area contributed by atoms with Crippen LogP contribution in [0.2, 0.25) is 0 Å². The molecule has 1 atom stereocenters. The standard InChI is InChI=1S/C27H21BrN4O3/c1-30-24-22(25(34)31(2)27(30)35)32(26(28)29-24)21(19-11-7-4-8-12-19)23(33)20-15-13-18(14-16-20)17-9-5-3-6-10-17/h3-16,21H,1-2H3/t21-/m1/s1. The molecule has 35 heavy (non-hydrogen) atoms. The van der Waals surface area contributed by atoms with Gasteiger partial charge in [0.1, 0.15) is 6.04 Å². The van der Waals surface area contributed by atoms with Crippen molar-refractivity contribution >= 4 is 32.9 Å². The molecule has 8 heteroatoms. The number of rotatable bonds is 5. The number of carbonyl (C=O) groups excluding carboxylic acids is 1. The largest absolute Gasteiger partial charge is 0.332 e. The van der Waals surface area contributed by atoms with Gasteiger partial charge >= 0.3 is 5.69 Å². The van der Waals surface area contributed by atoms with Crippen molar-refractivity contribution in [1.29, 1.82) is 0 Å². The number of nitrogens with zero attached hydrogens (tertiary/aromatic N) is 4. The third-order valence-corrected chi connectivity index (χ3v) is 6.71. The lowest BCUT2D eigenvalue weighted by molar-refractivity contribution is 0.0946. The average Bonchev–Trinajstić information content (AvgIpc) is 3.24. The van der Waals surface area contributed by atoms with Crippen molar-refractivity contribution in [3.8, 4) is 11.1 Å². The fourth-order valence-electron chi connectivity index (χ4n) is 4.29. The van der Waals surface area contributed by atoms with E-state index < -0.39 is 17.3 Å². The topological polar surface area (TPSA) is 78.9 Å². The molecule has 0 saturated heterocycles. The van der Waals surface area contributed by atoms with Crippen molar-refractivity contribution in [3.63, 3.8) is 0 Å². The molecule has 0 aliphatic carbocycles. The Bertz CT molecular complexity index is 1670. The summed E-state index contributed by atoms with van der Waals surface area (Å²) in [6, 6.07) is 25.7. The summed E-state index contributed by atoms with van der Waals surface area (Å²) < 4.78 is 4.18. The SMILES string of the molecule is Cn1c(=O)c2c(nc(Br)n2[C@@H](C(=O)c2ccc(-c3ccccc3)cc2)c2ccccc2)n(C)c1=O. The molecule has 2 aromatic heterocycles. The Morgan fingerprint density at radius 3 is 2.00 bits per heavy atom. The summed E-state index contributed by atoms with van der Waals surface area (Å²) >= 11 is 3.44. The molecule has 0 amide bonds. The van der Waals surface area contributed by atoms with Crippen molar-refractivity contribution < 1.29 is 4.79 Å². The Labute approximate surface area is 209 Å². The van der Waals surface area contributed by atoms with Gasteiger partial charge in [-0.3, -0.25) is 23.3 Å². The van der Waals surface area contributed by atoms with Gasteiger partial charge in [0, 0.05) is 19.7 Å². The first kappa shape index (κ1) is 22.7. The molecule has 0 spiro atoms. The van der Waals surface area contributed by atoms with Crippen molar-refractivity contribution in [2.24, 2.45) is 14.1 Å². The van der Waals surface area contributed by atoms with Gasteiger partial charge in [-0.05, 0) is 32.6 Å². The number of halogens is 1. The Kier molecular flexibility index (Phi) is 5.82. The molecule has 0 aliphatic heterocycles. The number of ketones is 1. The summed E-state index contributed by atoms with van der Waals surface area (Å²) in [5, 5.41) is 0. The van der Waals surface area contributed by atoms with E-state index in [0.717, 1.165) is 15.7 Å². The number of hydrogen-bond donors (Lipinski definition) is 0. The maximum Gasteiger partial charge on any atom is 0.332 e. The monoisotopic (exact) mass is 528 g/mol. The first-order valence-corrected chi connectivity index (χ1v) is 11.8. The van der Waals surface area contributed by atoms with E-state index in [-0.39, 0.29) is 21.7 Å². The number of benzene rings is 3. The minimum absolute atomic E-state index is 0.171. The van der Waals surface area contributed by atoms with E-state index in [1.807, 2.05) is 72.8 Å². The fraction of sp³-hybridized carbons (Fsp3) is 0.111.